The highest BCUT2D eigenvalue weighted by atomic mass is 32.1. The molecule has 2 aromatic heterocycles. The van der Waals surface area contributed by atoms with Gasteiger partial charge in [0, 0.05) is 6.42 Å². The van der Waals surface area contributed by atoms with Crippen molar-refractivity contribution < 1.29 is 0 Å². The molecule has 0 saturated heterocycles. The van der Waals surface area contributed by atoms with Crippen LogP contribution in [0.4, 0.5) is 0 Å². The third-order valence-corrected chi connectivity index (χ3v) is 6.06. The number of H-pyrrole nitrogens is 1. The van der Waals surface area contributed by atoms with Crippen molar-refractivity contribution in [1.29, 1.82) is 0 Å². The van der Waals surface area contributed by atoms with Gasteiger partial charge in [-0.05, 0) is 42.6 Å². The van der Waals surface area contributed by atoms with Crippen LogP contribution in [0.2, 0.25) is 0 Å². The van der Waals surface area contributed by atoms with Gasteiger partial charge in [-0.25, -0.2) is 0 Å². The SMILES string of the molecule is CCCCCCCCCCCCCc1n[nH]c(=S)n1-c1sccc1C. The molecule has 0 aliphatic carbocycles. The van der Waals surface area contributed by atoms with E-state index in [9.17, 15) is 0 Å². The number of nitrogens with zero attached hydrogens (tertiary/aromatic N) is 2. The van der Waals surface area contributed by atoms with Crippen LogP contribution >= 0.6 is 23.6 Å². The smallest absolute Gasteiger partial charge is 0.200 e. The van der Waals surface area contributed by atoms with E-state index in [1.165, 1.54) is 81.2 Å². The third kappa shape index (κ3) is 6.70. The summed E-state index contributed by atoms with van der Waals surface area (Å²) in [7, 11) is 0. The Morgan fingerprint density at radius 1 is 1.00 bits per heavy atom. The summed E-state index contributed by atoms with van der Waals surface area (Å²) in [6.45, 7) is 4.41. The van der Waals surface area contributed by atoms with Crippen LogP contribution in [0, 0.1) is 11.7 Å². The van der Waals surface area contributed by atoms with E-state index in [-0.39, 0.29) is 0 Å². The summed E-state index contributed by atoms with van der Waals surface area (Å²) >= 11 is 7.15. The predicted molar refractivity (Wildman–Crippen MR) is 112 cm³/mol. The van der Waals surface area contributed by atoms with Crippen molar-refractivity contribution in [2.24, 2.45) is 0 Å². The number of unbranched alkanes of at least 4 members (excludes halogenated alkanes) is 10. The van der Waals surface area contributed by atoms with Crippen molar-refractivity contribution in [3.63, 3.8) is 0 Å². The van der Waals surface area contributed by atoms with Crippen LogP contribution in [-0.4, -0.2) is 14.8 Å². The van der Waals surface area contributed by atoms with Gasteiger partial charge in [0.2, 0.25) is 4.77 Å². The average Bonchev–Trinajstić information content (AvgIpc) is 3.18. The molecule has 0 aromatic carbocycles. The van der Waals surface area contributed by atoms with E-state index in [1.807, 2.05) is 0 Å². The van der Waals surface area contributed by atoms with Gasteiger partial charge in [-0.2, -0.15) is 5.10 Å². The fourth-order valence-electron chi connectivity index (χ4n) is 3.25. The zero-order valence-electron chi connectivity index (χ0n) is 15.9. The lowest BCUT2D eigenvalue weighted by atomic mass is 10.1. The van der Waals surface area contributed by atoms with E-state index in [2.05, 4.69) is 40.1 Å². The highest BCUT2D eigenvalue weighted by molar-refractivity contribution is 7.71. The minimum atomic E-state index is 0.712. The van der Waals surface area contributed by atoms with Gasteiger partial charge in [-0.3, -0.25) is 9.67 Å². The Balaban J connectivity index is 1.62. The van der Waals surface area contributed by atoms with Gasteiger partial charge in [0.15, 0.2) is 0 Å². The van der Waals surface area contributed by atoms with Crippen LogP contribution in [0.5, 0.6) is 0 Å². The molecule has 0 bridgehead atoms. The van der Waals surface area contributed by atoms with Crippen LogP contribution < -0.4 is 0 Å². The normalized spacial score (nSPS) is 11.3. The zero-order valence-corrected chi connectivity index (χ0v) is 17.5. The topological polar surface area (TPSA) is 33.6 Å². The summed E-state index contributed by atoms with van der Waals surface area (Å²) in [5.41, 5.74) is 1.27. The lowest BCUT2D eigenvalue weighted by molar-refractivity contribution is 0.547. The number of aromatic nitrogens is 3. The van der Waals surface area contributed by atoms with Gasteiger partial charge < -0.3 is 0 Å². The number of hydrogen-bond acceptors (Lipinski definition) is 3. The molecule has 0 saturated carbocycles. The van der Waals surface area contributed by atoms with Crippen molar-refractivity contribution in [2.75, 3.05) is 0 Å². The maximum atomic E-state index is 5.42. The standard InChI is InChI=1S/C20H33N3S2/c1-3-4-5-6-7-8-9-10-11-12-13-14-18-21-22-20(24)23(18)19-17(2)15-16-25-19/h15-16H,3-14H2,1-2H3,(H,22,24). The summed E-state index contributed by atoms with van der Waals surface area (Å²) in [6, 6.07) is 2.14. The molecule has 0 radical (unpaired) electrons. The van der Waals surface area contributed by atoms with Crippen LogP contribution in [0.3, 0.4) is 0 Å². The van der Waals surface area contributed by atoms with Gasteiger partial charge in [0.1, 0.15) is 10.8 Å². The molecular weight excluding hydrogens is 346 g/mol. The number of aryl methyl sites for hydroxylation is 2. The quantitative estimate of drug-likeness (QED) is 0.296. The molecule has 0 fully saturated rings. The Morgan fingerprint density at radius 3 is 2.16 bits per heavy atom. The first kappa shape index (κ1) is 20.4. The van der Waals surface area contributed by atoms with Crippen molar-refractivity contribution in [3.8, 4) is 5.00 Å². The van der Waals surface area contributed by atoms with Crippen molar-refractivity contribution in [1.82, 2.24) is 14.8 Å². The molecule has 25 heavy (non-hydrogen) atoms. The molecule has 0 atom stereocenters. The Morgan fingerprint density at radius 2 is 1.60 bits per heavy atom. The van der Waals surface area contributed by atoms with E-state index in [0.29, 0.717) is 4.77 Å². The van der Waals surface area contributed by atoms with E-state index >= 15 is 0 Å². The molecule has 1 N–H and O–H groups in total. The molecule has 2 heterocycles. The minimum absolute atomic E-state index is 0.712. The molecule has 0 aliphatic heterocycles. The lowest BCUT2D eigenvalue weighted by Gasteiger charge is -2.06. The van der Waals surface area contributed by atoms with Crippen molar-refractivity contribution in [3.05, 3.63) is 27.6 Å². The number of rotatable bonds is 13. The summed E-state index contributed by atoms with van der Waals surface area (Å²) in [4.78, 5) is 0. The summed E-state index contributed by atoms with van der Waals surface area (Å²) in [5.74, 6) is 1.08. The second-order valence-corrected chi connectivity index (χ2v) is 8.26. The molecule has 140 valence electrons. The molecule has 0 amide bonds. The zero-order chi connectivity index (χ0) is 17.9. The molecule has 0 unspecified atom stereocenters. The Bertz CT molecular complexity index is 654. The van der Waals surface area contributed by atoms with E-state index < -0.39 is 0 Å². The van der Waals surface area contributed by atoms with Crippen LogP contribution in [0.1, 0.15) is 88.9 Å². The first-order valence-corrected chi connectivity index (χ1v) is 11.2. The number of hydrogen-bond donors (Lipinski definition) is 1. The number of aromatic amines is 1. The van der Waals surface area contributed by atoms with Gasteiger partial charge >= 0.3 is 0 Å². The molecule has 0 aliphatic rings. The molecule has 3 nitrogen and oxygen atoms in total. The Hall–Kier alpha value is -0.940. The lowest BCUT2D eigenvalue weighted by Crippen LogP contribution is -2.01. The fraction of sp³-hybridized carbons (Fsp3) is 0.700. The van der Waals surface area contributed by atoms with Gasteiger partial charge in [0.25, 0.3) is 0 Å². The number of nitrogens with one attached hydrogen (secondary N) is 1. The first-order chi connectivity index (χ1) is 12.2. The summed E-state index contributed by atoms with van der Waals surface area (Å²) < 4.78 is 2.83. The van der Waals surface area contributed by atoms with Crippen LogP contribution in [0.15, 0.2) is 11.4 Å². The van der Waals surface area contributed by atoms with Crippen LogP contribution in [0.25, 0.3) is 5.00 Å². The van der Waals surface area contributed by atoms with Crippen LogP contribution in [-0.2, 0) is 6.42 Å². The van der Waals surface area contributed by atoms with Gasteiger partial charge in [-0.15, -0.1) is 11.3 Å². The molecular formula is C20H33N3S2. The summed E-state index contributed by atoms with van der Waals surface area (Å²) in [6.07, 6.45) is 16.1. The second-order valence-electron chi connectivity index (χ2n) is 6.97. The van der Waals surface area contributed by atoms with E-state index in [1.54, 1.807) is 11.3 Å². The maximum Gasteiger partial charge on any atom is 0.200 e. The highest BCUT2D eigenvalue weighted by Gasteiger charge is 2.11. The summed E-state index contributed by atoms with van der Waals surface area (Å²) in [5, 5.41) is 10.7. The Labute approximate surface area is 161 Å². The van der Waals surface area contributed by atoms with Gasteiger partial charge in [-0.1, -0.05) is 71.1 Å². The molecule has 5 heteroatoms. The second kappa shape index (κ2) is 11.6. The largest absolute Gasteiger partial charge is 0.263 e. The van der Waals surface area contributed by atoms with Crippen molar-refractivity contribution in [2.45, 2.75) is 90.9 Å². The van der Waals surface area contributed by atoms with E-state index in [4.69, 9.17) is 12.2 Å². The van der Waals surface area contributed by atoms with Gasteiger partial charge in [0.05, 0.1) is 0 Å². The monoisotopic (exact) mass is 379 g/mol. The third-order valence-electron chi connectivity index (χ3n) is 4.78. The highest BCUT2D eigenvalue weighted by Crippen LogP contribution is 2.23. The van der Waals surface area contributed by atoms with Crippen molar-refractivity contribution >= 4 is 23.6 Å². The number of thiophene rings is 1. The minimum Gasteiger partial charge on any atom is -0.263 e. The first-order valence-electron chi connectivity index (χ1n) is 9.94. The Kier molecular flexibility index (Phi) is 9.48. The fourth-order valence-corrected chi connectivity index (χ4v) is 4.51. The maximum absolute atomic E-state index is 5.42. The molecule has 0 spiro atoms. The van der Waals surface area contributed by atoms with E-state index in [0.717, 1.165) is 12.2 Å². The average molecular weight is 380 g/mol. The predicted octanol–water partition coefficient (Wildman–Crippen LogP) is 7.15. The molecule has 2 rings (SSSR count). The molecule has 2 aromatic rings.